The molecule has 25 heavy (non-hydrogen) atoms. The van der Waals surface area contributed by atoms with Gasteiger partial charge in [-0.1, -0.05) is 12.1 Å². The maximum atomic E-state index is 12.1. The molecule has 0 bridgehead atoms. The van der Waals surface area contributed by atoms with E-state index in [0.717, 1.165) is 25.2 Å². The summed E-state index contributed by atoms with van der Waals surface area (Å²) >= 11 is 0. The smallest absolute Gasteiger partial charge is 0.408 e. The van der Waals surface area contributed by atoms with E-state index < -0.39 is 5.76 Å². The molecular weight excluding hydrogens is 322 g/mol. The van der Waals surface area contributed by atoms with E-state index in [1.807, 2.05) is 18.2 Å². The van der Waals surface area contributed by atoms with E-state index in [4.69, 9.17) is 9.15 Å². The van der Waals surface area contributed by atoms with Crippen molar-refractivity contribution in [1.29, 1.82) is 0 Å². The van der Waals surface area contributed by atoms with Crippen LogP contribution < -0.4 is 11.1 Å². The van der Waals surface area contributed by atoms with E-state index in [1.165, 1.54) is 4.57 Å². The molecule has 2 heterocycles. The summed E-state index contributed by atoms with van der Waals surface area (Å²) in [6, 6.07) is 7.23. The Kier molecular flexibility index (Phi) is 5.55. The lowest BCUT2D eigenvalue weighted by molar-refractivity contribution is -0.121. The average molecular weight is 347 g/mol. The fraction of sp³-hybridized carbons (Fsp3) is 0.556. The third kappa shape index (κ3) is 4.49. The van der Waals surface area contributed by atoms with Crippen LogP contribution in [-0.2, 0) is 16.1 Å². The van der Waals surface area contributed by atoms with Gasteiger partial charge in [0.15, 0.2) is 5.58 Å². The quantitative estimate of drug-likeness (QED) is 0.850. The second kappa shape index (κ2) is 7.84. The number of fused-ring (bicyclic) bond motifs is 1. The minimum absolute atomic E-state index is 0.0634. The molecule has 1 N–H and O–H groups in total. The van der Waals surface area contributed by atoms with Gasteiger partial charge in [-0.2, -0.15) is 0 Å². The lowest BCUT2D eigenvalue weighted by Crippen LogP contribution is -2.47. The number of amides is 1. The van der Waals surface area contributed by atoms with Gasteiger partial charge in [0.2, 0.25) is 5.91 Å². The van der Waals surface area contributed by atoms with Gasteiger partial charge in [-0.25, -0.2) is 4.79 Å². The van der Waals surface area contributed by atoms with Gasteiger partial charge in [-0.15, -0.1) is 0 Å². The first-order valence-electron chi connectivity index (χ1n) is 8.76. The molecule has 2 atom stereocenters. The largest absolute Gasteiger partial charge is 0.419 e. The Balaban J connectivity index is 1.45. The number of aromatic nitrogens is 1. The van der Waals surface area contributed by atoms with Gasteiger partial charge < -0.3 is 14.5 Å². The van der Waals surface area contributed by atoms with Crippen LogP contribution in [0.4, 0.5) is 0 Å². The highest BCUT2D eigenvalue weighted by Gasteiger charge is 2.21. The van der Waals surface area contributed by atoms with Crippen LogP contribution in [-0.4, -0.2) is 53.8 Å². The molecule has 0 unspecified atom stereocenters. The standard InChI is InChI=1S/C18H25N3O4/c1-13-11-20(12-14(2)24-13)10-8-19-17(22)7-9-21-15-5-3-4-6-16(15)25-18(21)23/h3-6,13-14H,7-12H2,1-2H3,(H,19,22)/t13-,14-/m0/s1. The van der Waals surface area contributed by atoms with Crippen molar-refractivity contribution in [3.63, 3.8) is 0 Å². The Hall–Kier alpha value is -2.12. The van der Waals surface area contributed by atoms with Crippen molar-refractivity contribution < 1.29 is 13.9 Å². The third-order valence-corrected chi connectivity index (χ3v) is 4.38. The summed E-state index contributed by atoms with van der Waals surface area (Å²) < 4.78 is 12.4. The van der Waals surface area contributed by atoms with E-state index in [9.17, 15) is 9.59 Å². The molecule has 1 amide bonds. The zero-order chi connectivity index (χ0) is 17.8. The van der Waals surface area contributed by atoms with Crippen LogP contribution >= 0.6 is 0 Å². The van der Waals surface area contributed by atoms with Gasteiger partial charge in [0.1, 0.15) is 0 Å². The van der Waals surface area contributed by atoms with Crippen molar-refractivity contribution in [2.75, 3.05) is 26.2 Å². The molecule has 1 aliphatic rings. The Morgan fingerprint density at radius 3 is 2.68 bits per heavy atom. The predicted molar refractivity (Wildman–Crippen MR) is 94.5 cm³/mol. The number of hydrogen-bond donors (Lipinski definition) is 1. The van der Waals surface area contributed by atoms with Crippen molar-refractivity contribution in [3.05, 3.63) is 34.8 Å². The van der Waals surface area contributed by atoms with Crippen molar-refractivity contribution in [2.24, 2.45) is 0 Å². The molecule has 3 rings (SSSR count). The van der Waals surface area contributed by atoms with E-state index in [1.54, 1.807) is 6.07 Å². The van der Waals surface area contributed by atoms with Crippen LogP contribution in [0, 0.1) is 0 Å². The number of benzene rings is 1. The van der Waals surface area contributed by atoms with E-state index in [-0.39, 0.29) is 24.5 Å². The van der Waals surface area contributed by atoms with Crippen LogP contribution in [0.1, 0.15) is 20.3 Å². The predicted octanol–water partition coefficient (Wildman–Crippen LogP) is 1.21. The van der Waals surface area contributed by atoms with Gasteiger partial charge in [-0.3, -0.25) is 14.3 Å². The minimum atomic E-state index is -0.426. The van der Waals surface area contributed by atoms with Crippen LogP contribution in [0.2, 0.25) is 0 Å². The highest BCUT2D eigenvalue weighted by atomic mass is 16.5. The van der Waals surface area contributed by atoms with E-state index in [0.29, 0.717) is 18.7 Å². The molecule has 1 saturated heterocycles. The SMILES string of the molecule is C[C@H]1CN(CCNC(=O)CCn2c(=O)oc3ccccc32)C[C@H](C)O1. The summed E-state index contributed by atoms with van der Waals surface area (Å²) in [5.41, 5.74) is 1.26. The molecule has 136 valence electrons. The van der Waals surface area contributed by atoms with Crippen molar-refractivity contribution in [2.45, 2.75) is 39.0 Å². The first kappa shape index (κ1) is 17.7. The second-order valence-electron chi connectivity index (χ2n) is 6.60. The van der Waals surface area contributed by atoms with E-state index in [2.05, 4.69) is 24.1 Å². The number of ether oxygens (including phenoxy) is 1. The number of carbonyl (C=O) groups is 1. The second-order valence-corrected chi connectivity index (χ2v) is 6.60. The van der Waals surface area contributed by atoms with Gasteiger partial charge >= 0.3 is 5.76 Å². The summed E-state index contributed by atoms with van der Waals surface area (Å²) in [6.45, 7) is 7.61. The third-order valence-electron chi connectivity index (χ3n) is 4.38. The molecule has 0 spiro atoms. The summed E-state index contributed by atoms with van der Waals surface area (Å²) in [4.78, 5) is 26.2. The van der Waals surface area contributed by atoms with E-state index >= 15 is 0 Å². The molecule has 2 aromatic rings. The summed E-state index contributed by atoms with van der Waals surface area (Å²) in [5, 5.41) is 2.92. The van der Waals surface area contributed by atoms with Crippen LogP contribution in [0.3, 0.4) is 0 Å². The lowest BCUT2D eigenvalue weighted by atomic mass is 10.2. The molecule has 0 aliphatic carbocycles. The fourth-order valence-corrected chi connectivity index (χ4v) is 3.35. The fourth-order valence-electron chi connectivity index (χ4n) is 3.35. The number of nitrogens with zero attached hydrogens (tertiary/aromatic N) is 2. The van der Waals surface area contributed by atoms with Gasteiger partial charge in [-0.05, 0) is 26.0 Å². The molecule has 1 aromatic heterocycles. The van der Waals surface area contributed by atoms with Crippen molar-refractivity contribution in [1.82, 2.24) is 14.8 Å². The number of para-hydroxylation sites is 2. The number of hydrogen-bond acceptors (Lipinski definition) is 5. The molecular formula is C18H25N3O4. The molecule has 0 saturated carbocycles. The van der Waals surface area contributed by atoms with Crippen LogP contribution in [0.5, 0.6) is 0 Å². The highest BCUT2D eigenvalue weighted by molar-refractivity contribution is 5.76. The first-order valence-corrected chi connectivity index (χ1v) is 8.76. The topological polar surface area (TPSA) is 76.7 Å². The number of morpholine rings is 1. The molecule has 7 heteroatoms. The minimum Gasteiger partial charge on any atom is -0.408 e. The molecule has 0 radical (unpaired) electrons. The number of nitrogens with one attached hydrogen (secondary N) is 1. The summed E-state index contributed by atoms with van der Waals surface area (Å²) in [5.74, 6) is -0.489. The average Bonchev–Trinajstić information content (AvgIpc) is 2.87. The Labute approximate surface area is 146 Å². The summed E-state index contributed by atoms with van der Waals surface area (Å²) in [7, 11) is 0. The Morgan fingerprint density at radius 2 is 1.92 bits per heavy atom. The molecule has 1 aromatic carbocycles. The molecule has 1 aliphatic heterocycles. The monoisotopic (exact) mass is 347 g/mol. The maximum Gasteiger partial charge on any atom is 0.419 e. The Bertz CT molecular complexity index is 772. The maximum absolute atomic E-state index is 12.1. The molecule has 1 fully saturated rings. The van der Waals surface area contributed by atoms with Gasteiger partial charge in [0.25, 0.3) is 0 Å². The first-order chi connectivity index (χ1) is 12.0. The van der Waals surface area contributed by atoms with Gasteiger partial charge in [0, 0.05) is 39.1 Å². The number of aryl methyl sites for hydroxylation is 1. The lowest BCUT2D eigenvalue weighted by Gasteiger charge is -2.35. The number of rotatable bonds is 6. The normalized spacial score (nSPS) is 21.5. The van der Waals surface area contributed by atoms with Crippen molar-refractivity contribution >= 4 is 17.0 Å². The highest BCUT2D eigenvalue weighted by Crippen LogP contribution is 2.12. The molecule has 7 nitrogen and oxygen atoms in total. The van der Waals surface area contributed by atoms with Crippen LogP contribution in [0.15, 0.2) is 33.5 Å². The van der Waals surface area contributed by atoms with Gasteiger partial charge in [0.05, 0.1) is 17.7 Å². The zero-order valence-corrected chi connectivity index (χ0v) is 14.7. The van der Waals surface area contributed by atoms with Crippen LogP contribution in [0.25, 0.3) is 11.1 Å². The number of oxazole rings is 1. The summed E-state index contributed by atoms with van der Waals surface area (Å²) in [6.07, 6.45) is 0.695. The zero-order valence-electron chi connectivity index (χ0n) is 14.7. The number of carbonyl (C=O) groups excluding carboxylic acids is 1. The van der Waals surface area contributed by atoms with Crippen molar-refractivity contribution in [3.8, 4) is 0 Å². The Morgan fingerprint density at radius 1 is 1.20 bits per heavy atom.